The Kier molecular flexibility index (Phi) is 3.34. The van der Waals surface area contributed by atoms with E-state index in [1.807, 2.05) is 0 Å². The topological polar surface area (TPSA) is 94.1 Å². The van der Waals surface area contributed by atoms with Crippen molar-refractivity contribution in [1.82, 2.24) is 15.5 Å². The molecular weight excluding hydrogens is 286 g/mol. The molecule has 1 aliphatic rings. The summed E-state index contributed by atoms with van der Waals surface area (Å²) in [6.45, 7) is 0.312. The molecule has 1 aromatic heterocycles. The predicted octanol–water partition coefficient (Wildman–Crippen LogP) is 2.17. The predicted molar refractivity (Wildman–Crippen MR) is 66.2 cm³/mol. The van der Waals surface area contributed by atoms with Gasteiger partial charge in [0.15, 0.2) is 5.82 Å². The van der Waals surface area contributed by atoms with Gasteiger partial charge >= 0.3 is 5.69 Å². The summed E-state index contributed by atoms with van der Waals surface area (Å²) in [5.41, 5.74) is -1.53. The largest absolute Gasteiger partial charge is 0.334 e. The summed E-state index contributed by atoms with van der Waals surface area (Å²) in [7, 11) is 0. The van der Waals surface area contributed by atoms with Gasteiger partial charge in [-0.2, -0.15) is 9.37 Å². The second-order valence-electron chi connectivity index (χ2n) is 4.68. The van der Waals surface area contributed by atoms with E-state index in [-0.39, 0.29) is 5.82 Å². The normalized spacial score (nSPS) is 14.4. The molecule has 1 N–H and O–H groups in total. The van der Waals surface area contributed by atoms with Crippen molar-refractivity contribution < 1.29 is 18.2 Å². The maximum Gasteiger partial charge on any atom is 0.305 e. The van der Waals surface area contributed by atoms with Crippen molar-refractivity contribution >= 4 is 5.69 Å². The van der Waals surface area contributed by atoms with Gasteiger partial charge in [0.25, 0.3) is 5.89 Å². The summed E-state index contributed by atoms with van der Waals surface area (Å²) < 4.78 is 32.5. The van der Waals surface area contributed by atoms with Crippen LogP contribution in [0.1, 0.15) is 18.7 Å². The van der Waals surface area contributed by atoms with Crippen LogP contribution in [-0.2, 0) is 6.54 Å². The van der Waals surface area contributed by atoms with Crippen molar-refractivity contribution in [1.29, 1.82) is 0 Å². The van der Waals surface area contributed by atoms with Gasteiger partial charge in [0.05, 0.1) is 11.5 Å². The molecule has 110 valence electrons. The molecule has 1 heterocycles. The van der Waals surface area contributed by atoms with Crippen LogP contribution in [0.4, 0.5) is 14.5 Å². The van der Waals surface area contributed by atoms with Crippen LogP contribution in [0, 0.1) is 21.7 Å². The first-order valence-electron chi connectivity index (χ1n) is 6.25. The van der Waals surface area contributed by atoms with Gasteiger partial charge in [-0.05, 0) is 18.9 Å². The first-order chi connectivity index (χ1) is 10.1. The minimum atomic E-state index is -1.33. The first-order valence-corrected chi connectivity index (χ1v) is 6.25. The van der Waals surface area contributed by atoms with Gasteiger partial charge in [0.2, 0.25) is 5.82 Å². The zero-order valence-electron chi connectivity index (χ0n) is 10.7. The molecule has 21 heavy (non-hydrogen) atoms. The van der Waals surface area contributed by atoms with Crippen molar-refractivity contribution in [2.45, 2.75) is 25.4 Å². The van der Waals surface area contributed by atoms with E-state index in [1.165, 1.54) is 0 Å². The van der Waals surface area contributed by atoms with Crippen LogP contribution < -0.4 is 5.32 Å². The molecule has 1 aromatic carbocycles. The molecule has 0 atom stereocenters. The molecule has 0 bridgehead atoms. The van der Waals surface area contributed by atoms with E-state index in [2.05, 4.69) is 15.5 Å². The Bertz CT molecular complexity index is 700. The molecular formula is C12H10F2N4O3. The lowest BCUT2D eigenvalue weighted by atomic mass is 10.1. The number of hydrogen-bond donors (Lipinski definition) is 1. The molecule has 1 aliphatic carbocycles. The number of halogens is 2. The highest BCUT2D eigenvalue weighted by atomic mass is 19.1. The standard InChI is InChI=1S/C12H10F2N4O3/c13-7-3-4-8(18(19)20)11(14)10(7)12-16-9(17-21-12)5-15-6-1-2-6/h3-4,6,15H,1-2,5H2. The van der Waals surface area contributed by atoms with Crippen LogP contribution in [0.15, 0.2) is 16.7 Å². The highest BCUT2D eigenvalue weighted by molar-refractivity contribution is 5.60. The van der Waals surface area contributed by atoms with Gasteiger partial charge in [0, 0.05) is 12.1 Å². The molecule has 0 amide bonds. The van der Waals surface area contributed by atoms with Crippen molar-refractivity contribution in [2.75, 3.05) is 0 Å². The number of nitrogens with one attached hydrogen (secondary N) is 1. The molecule has 0 aliphatic heterocycles. The van der Waals surface area contributed by atoms with Gasteiger partial charge < -0.3 is 9.84 Å². The van der Waals surface area contributed by atoms with Crippen LogP contribution >= 0.6 is 0 Å². The number of rotatable bonds is 5. The molecule has 1 saturated carbocycles. The fourth-order valence-corrected chi connectivity index (χ4v) is 1.83. The summed E-state index contributed by atoms with van der Waals surface area (Å²) in [6, 6.07) is 1.96. The van der Waals surface area contributed by atoms with Crippen LogP contribution in [0.25, 0.3) is 11.5 Å². The van der Waals surface area contributed by atoms with E-state index in [1.54, 1.807) is 0 Å². The number of aromatic nitrogens is 2. The van der Waals surface area contributed by atoms with E-state index < -0.39 is 33.7 Å². The van der Waals surface area contributed by atoms with Gasteiger partial charge in [-0.3, -0.25) is 10.1 Å². The van der Waals surface area contributed by atoms with Gasteiger partial charge in [0.1, 0.15) is 11.4 Å². The van der Waals surface area contributed by atoms with Crippen LogP contribution in [0.3, 0.4) is 0 Å². The fraction of sp³-hybridized carbons (Fsp3) is 0.333. The Morgan fingerprint density at radius 3 is 2.86 bits per heavy atom. The summed E-state index contributed by atoms with van der Waals surface area (Å²) in [4.78, 5) is 13.6. The summed E-state index contributed by atoms with van der Waals surface area (Å²) in [5, 5.41) is 17.4. The van der Waals surface area contributed by atoms with Crippen molar-refractivity contribution in [3.8, 4) is 11.5 Å². The lowest BCUT2D eigenvalue weighted by Gasteiger charge is -2.00. The van der Waals surface area contributed by atoms with Crippen LogP contribution in [0.5, 0.6) is 0 Å². The minimum absolute atomic E-state index is 0.238. The Labute approximate surface area is 117 Å². The lowest BCUT2D eigenvalue weighted by Crippen LogP contribution is -2.16. The second-order valence-corrected chi connectivity index (χ2v) is 4.68. The lowest BCUT2D eigenvalue weighted by molar-refractivity contribution is -0.387. The van der Waals surface area contributed by atoms with Gasteiger partial charge in [-0.25, -0.2) is 4.39 Å². The average molecular weight is 296 g/mol. The molecule has 0 spiro atoms. The molecule has 0 radical (unpaired) electrons. The van der Waals surface area contributed by atoms with E-state index >= 15 is 0 Å². The van der Waals surface area contributed by atoms with Crippen molar-refractivity contribution in [2.24, 2.45) is 0 Å². The van der Waals surface area contributed by atoms with Gasteiger partial charge in [-0.15, -0.1) is 0 Å². The van der Waals surface area contributed by atoms with Crippen LogP contribution in [0.2, 0.25) is 0 Å². The second kappa shape index (κ2) is 5.17. The Balaban J connectivity index is 1.91. The van der Waals surface area contributed by atoms with Crippen molar-refractivity contribution in [3.63, 3.8) is 0 Å². The first kappa shape index (κ1) is 13.6. The maximum absolute atomic E-state index is 14.0. The molecule has 0 saturated heterocycles. The SMILES string of the molecule is O=[N+]([O-])c1ccc(F)c(-c2nc(CNC3CC3)no2)c1F. The third kappa shape index (κ3) is 2.72. The molecule has 9 heteroatoms. The maximum atomic E-state index is 14.0. The van der Waals surface area contributed by atoms with Gasteiger partial charge in [-0.1, -0.05) is 5.16 Å². The van der Waals surface area contributed by atoms with E-state index in [9.17, 15) is 18.9 Å². The zero-order valence-corrected chi connectivity index (χ0v) is 10.7. The molecule has 2 aromatic rings. The Morgan fingerprint density at radius 1 is 1.43 bits per heavy atom. The Hall–Kier alpha value is -2.42. The van der Waals surface area contributed by atoms with Crippen molar-refractivity contribution in [3.05, 3.63) is 39.7 Å². The summed E-state index contributed by atoms with van der Waals surface area (Å²) in [5.74, 6) is -2.50. The van der Waals surface area contributed by atoms with E-state index in [4.69, 9.17) is 4.52 Å². The number of nitrogens with zero attached hydrogens (tertiary/aromatic N) is 3. The third-order valence-electron chi connectivity index (χ3n) is 3.08. The number of benzene rings is 1. The third-order valence-corrected chi connectivity index (χ3v) is 3.08. The zero-order chi connectivity index (χ0) is 15.0. The highest BCUT2D eigenvalue weighted by Crippen LogP contribution is 2.30. The minimum Gasteiger partial charge on any atom is -0.334 e. The average Bonchev–Trinajstić information content (AvgIpc) is 3.15. The Morgan fingerprint density at radius 2 is 2.19 bits per heavy atom. The highest BCUT2D eigenvalue weighted by Gasteiger charge is 2.27. The molecule has 7 nitrogen and oxygen atoms in total. The summed E-state index contributed by atoms with van der Waals surface area (Å²) in [6.07, 6.45) is 2.14. The number of nitro groups is 1. The summed E-state index contributed by atoms with van der Waals surface area (Å²) >= 11 is 0. The number of hydrogen-bond acceptors (Lipinski definition) is 6. The van der Waals surface area contributed by atoms with E-state index in [0.717, 1.165) is 25.0 Å². The van der Waals surface area contributed by atoms with E-state index in [0.29, 0.717) is 12.6 Å². The molecule has 3 rings (SSSR count). The molecule has 0 unspecified atom stereocenters. The molecule has 1 fully saturated rings. The number of nitro benzene ring substituents is 1. The monoisotopic (exact) mass is 296 g/mol. The smallest absolute Gasteiger partial charge is 0.305 e. The van der Waals surface area contributed by atoms with Crippen LogP contribution in [-0.4, -0.2) is 21.1 Å². The quantitative estimate of drug-likeness (QED) is 0.671. The fourth-order valence-electron chi connectivity index (χ4n) is 1.83.